The van der Waals surface area contributed by atoms with Gasteiger partial charge in [-0.05, 0) is 36.8 Å². The summed E-state index contributed by atoms with van der Waals surface area (Å²) in [6.07, 6.45) is 7.65. The Kier molecular flexibility index (Phi) is 2.67. The number of H-pyrrole nitrogens is 1. The molecule has 1 aromatic heterocycles. The minimum atomic E-state index is -0.354. The van der Waals surface area contributed by atoms with Gasteiger partial charge in [-0.25, -0.2) is 4.98 Å². The number of hydrogen-bond donors (Lipinski definition) is 1. The normalized spacial score (nSPS) is 21.7. The molecule has 1 N–H and O–H groups in total. The van der Waals surface area contributed by atoms with Crippen molar-refractivity contribution in [1.29, 1.82) is 0 Å². The third-order valence-corrected chi connectivity index (χ3v) is 3.59. The Balaban J connectivity index is 1.97. The van der Waals surface area contributed by atoms with Crippen LogP contribution in [-0.4, -0.2) is 16.2 Å². The molecule has 0 fully saturated rings. The quantitative estimate of drug-likeness (QED) is 0.903. The highest BCUT2D eigenvalue weighted by Crippen LogP contribution is 2.29. The molecule has 90 valence electrons. The highest BCUT2D eigenvalue weighted by Gasteiger charge is 2.27. The third kappa shape index (κ3) is 1.93. The minimum Gasteiger partial charge on any atom is -0.340 e. The van der Waals surface area contributed by atoms with Gasteiger partial charge >= 0.3 is 0 Å². The average Bonchev–Trinajstić information content (AvgIpc) is 2.99. The molecule has 3 rings (SSSR count). The Bertz CT molecular complexity index is 611. The highest BCUT2D eigenvalue weighted by molar-refractivity contribution is 9.10. The summed E-state index contributed by atoms with van der Waals surface area (Å²) in [5.41, 5.74) is 1.77. The third-order valence-electron chi connectivity index (χ3n) is 3.06. The van der Waals surface area contributed by atoms with E-state index >= 15 is 0 Å². The fraction of sp³-hybridized carbons (Fsp3) is 0.143. The van der Waals surface area contributed by atoms with Gasteiger partial charge in [0, 0.05) is 10.7 Å². The second kappa shape index (κ2) is 4.21. The summed E-state index contributed by atoms with van der Waals surface area (Å²) < 4.78 is 1.07. The van der Waals surface area contributed by atoms with Crippen LogP contribution in [0.5, 0.6) is 0 Å². The molecule has 1 aromatic carbocycles. The molecule has 4 heteroatoms. The molecule has 1 aliphatic heterocycles. The van der Waals surface area contributed by atoms with Crippen LogP contribution in [0.2, 0.25) is 0 Å². The minimum absolute atomic E-state index is 0.354. The van der Waals surface area contributed by atoms with Gasteiger partial charge in [0.2, 0.25) is 0 Å². The number of aliphatic imine (C=N–C) groups is 1. The van der Waals surface area contributed by atoms with Gasteiger partial charge in [-0.3, -0.25) is 4.99 Å². The molecule has 1 atom stereocenters. The lowest BCUT2D eigenvalue weighted by Gasteiger charge is -2.14. The number of nitrogens with zero attached hydrogens (tertiary/aromatic N) is 2. The van der Waals surface area contributed by atoms with Crippen LogP contribution in [0.4, 0.5) is 0 Å². The number of hydrogen-bond acceptors (Lipinski definition) is 2. The van der Waals surface area contributed by atoms with Crippen molar-refractivity contribution in [2.45, 2.75) is 12.5 Å². The molecule has 18 heavy (non-hydrogen) atoms. The Morgan fingerprint density at radius 1 is 1.22 bits per heavy atom. The van der Waals surface area contributed by atoms with Crippen molar-refractivity contribution in [3.05, 3.63) is 52.9 Å². The van der Waals surface area contributed by atoms with E-state index in [0.29, 0.717) is 0 Å². The number of imidazole rings is 1. The molecule has 3 nitrogen and oxygen atoms in total. The van der Waals surface area contributed by atoms with Crippen LogP contribution in [-0.2, 0) is 5.54 Å². The van der Waals surface area contributed by atoms with Gasteiger partial charge in [0.25, 0.3) is 0 Å². The van der Waals surface area contributed by atoms with E-state index in [0.717, 1.165) is 21.6 Å². The van der Waals surface area contributed by atoms with Gasteiger partial charge in [0.1, 0.15) is 11.4 Å². The zero-order valence-corrected chi connectivity index (χ0v) is 11.5. The van der Waals surface area contributed by atoms with Gasteiger partial charge < -0.3 is 4.98 Å². The zero-order chi connectivity index (χ0) is 12.6. The van der Waals surface area contributed by atoms with Crippen molar-refractivity contribution >= 4 is 22.1 Å². The Labute approximate surface area is 114 Å². The summed E-state index contributed by atoms with van der Waals surface area (Å²) in [4.78, 5) is 12.2. The molecule has 0 saturated heterocycles. The molecule has 0 unspecified atom stereocenters. The van der Waals surface area contributed by atoms with Gasteiger partial charge in [0.15, 0.2) is 0 Å². The van der Waals surface area contributed by atoms with Crippen molar-refractivity contribution < 1.29 is 0 Å². The van der Waals surface area contributed by atoms with E-state index < -0.39 is 0 Å². The van der Waals surface area contributed by atoms with Crippen molar-refractivity contribution in [2.75, 3.05) is 0 Å². The van der Waals surface area contributed by atoms with Crippen LogP contribution in [0, 0.1) is 0 Å². The van der Waals surface area contributed by atoms with Crippen molar-refractivity contribution in [3.8, 4) is 11.3 Å². The summed E-state index contributed by atoms with van der Waals surface area (Å²) in [5.74, 6) is 0.866. The fourth-order valence-electron chi connectivity index (χ4n) is 1.97. The van der Waals surface area contributed by atoms with E-state index in [1.807, 2.05) is 43.6 Å². The van der Waals surface area contributed by atoms with E-state index in [2.05, 4.69) is 43.0 Å². The van der Waals surface area contributed by atoms with Crippen LogP contribution in [0.1, 0.15) is 12.7 Å². The first-order chi connectivity index (χ1) is 8.67. The lowest BCUT2D eigenvalue weighted by Crippen LogP contribution is -2.15. The van der Waals surface area contributed by atoms with E-state index in [9.17, 15) is 0 Å². The van der Waals surface area contributed by atoms with Gasteiger partial charge in [-0.1, -0.05) is 28.1 Å². The molecule has 2 heterocycles. The molecule has 2 aromatic rings. The second-order valence-corrected chi connectivity index (χ2v) is 5.35. The predicted octanol–water partition coefficient (Wildman–Crippen LogP) is 3.70. The summed E-state index contributed by atoms with van der Waals surface area (Å²) in [6.45, 7) is 2.04. The van der Waals surface area contributed by atoms with Crippen LogP contribution in [0.25, 0.3) is 11.3 Å². The average molecular weight is 302 g/mol. The molecule has 0 saturated carbocycles. The van der Waals surface area contributed by atoms with Crippen LogP contribution in [0.15, 0.2) is 52.1 Å². The maximum absolute atomic E-state index is 4.44. The van der Waals surface area contributed by atoms with Crippen LogP contribution >= 0.6 is 15.9 Å². The van der Waals surface area contributed by atoms with Gasteiger partial charge in [0.05, 0.1) is 11.9 Å². The van der Waals surface area contributed by atoms with Crippen molar-refractivity contribution in [1.82, 2.24) is 9.97 Å². The Morgan fingerprint density at radius 3 is 2.67 bits per heavy atom. The molecule has 1 aliphatic rings. The van der Waals surface area contributed by atoms with Gasteiger partial charge in [-0.15, -0.1) is 0 Å². The van der Waals surface area contributed by atoms with E-state index in [4.69, 9.17) is 0 Å². The predicted molar refractivity (Wildman–Crippen MR) is 76.7 cm³/mol. The summed E-state index contributed by atoms with van der Waals surface area (Å²) in [5, 5.41) is 0. The number of aromatic amines is 1. The molecule has 0 bridgehead atoms. The Hall–Kier alpha value is -1.68. The lowest BCUT2D eigenvalue weighted by atomic mass is 10.0. The Morgan fingerprint density at radius 2 is 2.00 bits per heavy atom. The largest absolute Gasteiger partial charge is 0.340 e. The van der Waals surface area contributed by atoms with Gasteiger partial charge in [-0.2, -0.15) is 0 Å². The maximum Gasteiger partial charge on any atom is 0.138 e. The SMILES string of the molecule is C[C@@]1(c2ncc(-c3ccc(Br)cc3)[nH]2)C=CC=N1. The summed E-state index contributed by atoms with van der Waals surface area (Å²) in [6, 6.07) is 8.14. The highest BCUT2D eigenvalue weighted by atomic mass is 79.9. The monoisotopic (exact) mass is 301 g/mol. The number of halogens is 1. The van der Waals surface area contributed by atoms with Crippen LogP contribution < -0.4 is 0 Å². The first-order valence-corrected chi connectivity index (χ1v) is 6.51. The van der Waals surface area contributed by atoms with Crippen LogP contribution in [0.3, 0.4) is 0 Å². The molecule has 0 spiro atoms. The fourth-order valence-corrected chi connectivity index (χ4v) is 2.23. The molecule has 0 aliphatic carbocycles. The first kappa shape index (κ1) is 11.4. The first-order valence-electron chi connectivity index (χ1n) is 5.72. The lowest BCUT2D eigenvalue weighted by molar-refractivity contribution is 0.605. The van der Waals surface area contributed by atoms with Crippen molar-refractivity contribution in [2.24, 2.45) is 4.99 Å². The summed E-state index contributed by atoms with van der Waals surface area (Å²) in [7, 11) is 0. The van der Waals surface area contributed by atoms with E-state index in [1.54, 1.807) is 0 Å². The zero-order valence-electron chi connectivity index (χ0n) is 9.89. The summed E-state index contributed by atoms with van der Waals surface area (Å²) >= 11 is 3.43. The second-order valence-electron chi connectivity index (χ2n) is 4.44. The number of rotatable bonds is 2. The maximum atomic E-state index is 4.44. The van der Waals surface area contributed by atoms with E-state index in [-0.39, 0.29) is 5.54 Å². The molecular weight excluding hydrogens is 290 g/mol. The van der Waals surface area contributed by atoms with Crippen molar-refractivity contribution in [3.63, 3.8) is 0 Å². The standard InChI is InChI=1S/C14H12BrN3/c1-14(7-2-8-17-14)13-16-9-12(18-13)10-3-5-11(15)6-4-10/h2-9H,1H3,(H,16,18)/t14-/m0/s1. The smallest absolute Gasteiger partial charge is 0.138 e. The number of benzene rings is 1. The number of nitrogens with one attached hydrogen (secondary N) is 1. The topological polar surface area (TPSA) is 41.0 Å². The molecule has 0 radical (unpaired) electrons. The molecule has 0 amide bonds. The number of allylic oxidation sites excluding steroid dienone is 1. The van der Waals surface area contributed by atoms with E-state index in [1.165, 1.54) is 0 Å². The number of aromatic nitrogens is 2. The molecular formula is C14H12BrN3.